The van der Waals surface area contributed by atoms with Crippen LogP contribution in [0.15, 0.2) is 24.3 Å². The predicted molar refractivity (Wildman–Crippen MR) is 83.2 cm³/mol. The van der Waals surface area contributed by atoms with Crippen molar-refractivity contribution in [1.29, 1.82) is 0 Å². The third-order valence-corrected chi connectivity index (χ3v) is 3.24. The molecule has 0 aliphatic carbocycles. The maximum atomic E-state index is 11.5. The molecule has 0 atom stereocenters. The number of para-hydroxylation sites is 1. The molecule has 0 heterocycles. The standard InChI is InChI=1S/C16H26N2O2/c1-4-12-18(16(19)20-3)13-8-7-11-17-15-10-6-5-9-14(15)2/h5-6,9-10,17H,4,7-8,11-13H2,1-3H3. The van der Waals surface area contributed by atoms with E-state index in [0.717, 1.165) is 38.9 Å². The molecule has 0 spiro atoms. The third-order valence-electron chi connectivity index (χ3n) is 3.24. The highest BCUT2D eigenvalue weighted by Crippen LogP contribution is 2.13. The van der Waals surface area contributed by atoms with Gasteiger partial charge in [-0.15, -0.1) is 0 Å². The van der Waals surface area contributed by atoms with Crippen LogP contribution in [0.5, 0.6) is 0 Å². The summed E-state index contributed by atoms with van der Waals surface area (Å²) in [6.45, 7) is 6.61. The zero-order valence-corrected chi connectivity index (χ0v) is 12.8. The first-order valence-corrected chi connectivity index (χ1v) is 7.31. The maximum Gasteiger partial charge on any atom is 0.409 e. The molecule has 0 fully saturated rings. The fourth-order valence-corrected chi connectivity index (χ4v) is 2.12. The number of benzene rings is 1. The summed E-state index contributed by atoms with van der Waals surface area (Å²) in [5, 5.41) is 3.43. The van der Waals surface area contributed by atoms with Gasteiger partial charge in [0.05, 0.1) is 7.11 Å². The SMILES string of the molecule is CCCN(CCCCNc1ccccc1C)C(=O)OC. The molecule has 112 valence electrons. The van der Waals surface area contributed by atoms with Crippen LogP contribution in [0.1, 0.15) is 31.7 Å². The van der Waals surface area contributed by atoms with Gasteiger partial charge >= 0.3 is 6.09 Å². The number of nitrogens with one attached hydrogen (secondary N) is 1. The minimum Gasteiger partial charge on any atom is -0.453 e. The van der Waals surface area contributed by atoms with Gasteiger partial charge in [0.2, 0.25) is 0 Å². The number of carbonyl (C=O) groups excluding carboxylic acids is 1. The van der Waals surface area contributed by atoms with E-state index in [1.54, 1.807) is 4.90 Å². The molecule has 4 heteroatoms. The summed E-state index contributed by atoms with van der Waals surface area (Å²) in [4.78, 5) is 13.3. The molecule has 1 aromatic rings. The third kappa shape index (κ3) is 5.51. The van der Waals surface area contributed by atoms with Crippen LogP contribution in [-0.2, 0) is 4.74 Å². The molecule has 4 nitrogen and oxygen atoms in total. The molecule has 0 saturated carbocycles. The molecule has 0 aliphatic heterocycles. The number of hydrogen-bond donors (Lipinski definition) is 1. The van der Waals surface area contributed by atoms with Gasteiger partial charge in [0.1, 0.15) is 0 Å². The molecular weight excluding hydrogens is 252 g/mol. The van der Waals surface area contributed by atoms with Crippen LogP contribution in [0.25, 0.3) is 0 Å². The zero-order valence-electron chi connectivity index (χ0n) is 12.8. The van der Waals surface area contributed by atoms with Crippen LogP contribution >= 0.6 is 0 Å². The lowest BCUT2D eigenvalue weighted by Crippen LogP contribution is -2.32. The summed E-state index contributed by atoms with van der Waals surface area (Å²) < 4.78 is 4.78. The molecule has 0 aliphatic rings. The Bertz CT molecular complexity index is 407. The van der Waals surface area contributed by atoms with E-state index in [-0.39, 0.29) is 6.09 Å². The maximum absolute atomic E-state index is 11.5. The molecule has 0 radical (unpaired) electrons. The van der Waals surface area contributed by atoms with Gasteiger partial charge in [-0.1, -0.05) is 25.1 Å². The second-order valence-corrected chi connectivity index (χ2v) is 4.91. The van der Waals surface area contributed by atoms with Crippen LogP contribution in [0.3, 0.4) is 0 Å². The monoisotopic (exact) mass is 278 g/mol. The van der Waals surface area contributed by atoms with Crippen molar-refractivity contribution < 1.29 is 9.53 Å². The average Bonchev–Trinajstić information content (AvgIpc) is 2.46. The van der Waals surface area contributed by atoms with Gasteiger partial charge in [-0.3, -0.25) is 0 Å². The predicted octanol–water partition coefficient (Wildman–Crippen LogP) is 3.67. The van der Waals surface area contributed by atoms with Crippen LogP contribution < -0.4 is 5.32 Å². The summed E-state index contributed by atoms with van der Waals surface area (Å²) in [7, 11) is 1.44. The van der Waals surface area contributed by atoms with E-state index < -0.39 is 0 Å². The van der Waals surface area contributed by atoms with E-state index in [1.165, 1.54) is 18.4 Å². The summed E-state index contributed by atoms with van der Waals surface area (Å²) in [5.41, 5.74) is 2.44. The van der Waals surface area contributed by atoms with Gasteiger partial charge in [-0.05, 0) is 37.8 Å². The van der Waals surface area contributed by atoms with Crippen molar-refractivity contribution in [2.24, 2.45) is 0 Å². The first kappa shape index (κ1) is 16.3. The van der Waals surface area contributed by atoms with Gasteiger partial charge in [0, 0.05) is 25.3 Å². The van der Waals surface area contributed by atoms with E-state index in [4.69, 9.17) is 4.74 Å². The van der Waals surface area contributed by atoms with Gasteiger partial charge in [-0.25, -0.2) is 4.79 Å². The number of nitrogens with zero attached hydrogens (tertiary/aromatic N) is 1. The lowest BCUT2D eigenvalue weighted by Gasteiger charge is -2.20. The Balaban J connectivity index is 2.23. The number of ether oxygens (including phenoxy) is 1. The molecule has 1 amide bonds. The molecule has 1 rings (SSSR count). The lowest BCUT2D eigenvalue weighted by molar-refractivity contribution is 0.123. The second-order valence-electron chi connectivity index (χ2n) is 4.91. The number of hydrogen-bond acceptors (Lipinski definition) is 3. The molecule has 1 aromatic carbocycles. The molecule has 0 aromatic heterocycles. The van der Waals surface area contributed by atoms with Crippen LogP contribution in [0, 0.1) is 6.92 Å². The Hall–Kier alpha value is -1.71. The highest BCUT2D eigenvalue weighted by Gasteiger charge is 2.11. The van der Waals surface area contributed by atoms with E-state index >= 15 is 0 Å². The van der Waals surface area contributed by atoms with Crippen LogP contribution in [0.4, 0.5) is 10.5 Å². The largest absolute Gasteiger partial charge is 0.453 e. The lowest BCUT2D eigenvalue weighted by atomic mass is 10.2. The van der Waals surface area contributed by atoms with Crippen molar-refractivity contribution in [3.8, 4) is 0 Å². The first-order valence-electron chi connectivity index (χ1n) is 7.31. The number of methoxy groups -OCH3 is 1. The van der Waals surface area contributed by atoms with Crippen molar-refractivity contribution in [3.05, 3.63) is 29.8 Å². The quantitative estimate of drug-likeness (QED) is 0.738. The van der Waals surface area contributed by atoms with Crippen molar-refractivity contribution in [2.45, 2.75) is 33.1 Å². The molecule has 0 unspecified atom stereocenters. The normalized spacial score (nSPS) is 10.2. The van der Waals surface area contributed by atoms with Crippen molar-refractivity contribution in [2.75, 3.05) is 32.1 Å². The van der Waals surface area contributed by atoms with E-state index in [9.17, 15) is 4.79 Å². The minimum atomic E-state index is -0.223. The van der Waals surface area contributed by atoms with E-state index in [2.05, 4.69) is 31.3 Å². The molecule has 0 saturated heterocycles. The van der Waals surface area contributed by atoms with E-state index in [0.29, 0.717) is 0 Å². The first-order chi connectivity index (χ1) is 9.69. The second kappa shape index (κ2) is 9.23. The van der Waals surface area contributed by atoms with Crippen molar-refractivity contribution >= 4 is 11.8 Å². The highest BCUT2D eigenvalue weighted by molar-refractivity contribution is 5.67. The smallest absolute Gasteiger partial charge is 0.409 e. The number of rotatable bonds is 8. The Labute approximate surface area is 122 Å². The fourth-order valence-electron chi connectivity index (χ4n) is 2.12. The van der Waals surface area contributed by atoms with Gasteiger partial charge in [-0.2, -0.15) is 0 Å². The molecular formula is C16H26N2O2. The van der Waals surface area contributed by atoms with Crippen molar-refractivity contribution in [1.82, 2.24) is 4.90 Å². The van der Waals surface area contributed by atoms with Crippen LogP contribution in [-0.4, -0.2) is 37.7 Å². The summed E-state index contributed by atoms with van der Waals surface area (Å²) in [5.74, 6) is 0. The van der Waals surface area contributed by atoms with Gasteiger partial charge in [0.25, 0.3) is 0 Å². The average molecular weight is 278 g/mol. The van der Waals surface area contributed by atoms with Gasteiger partial charge in [0.15, 0.2) is 0 Å². The minimum absolute atomic E-state index is 0.223. The molecule has 0 bridgehead atoms. The number of carbonyl (C=O) groups is 1. The summed E-state index contributed by atoms with van der Waals surface area (Å²) in [6.07, 6.45) is 2.74. The number of anilines is 1. The molecule has 20 heavy (non-hydrogen) atoms. The van der Waals surface area contributed by atoms with Gasteiger partial charge < -0.3 is 15.0 Å². The Morgan fingerprint density at radius 3 is 2.65 bits per heavy atom. The number of aryl methyl sites for hydroxylation is 1. The Morgan fingerprint density at radius 2 is 2.00 bits per heavy atom. The Morgan fingerprint density at radius 1 is 1.25 bits per heavy atom. The van der Waals surface area contributed by atoms with E-state index in [1.807, 2.05) is 12.1 Å². The Kier molecular flexibility index (Phi) is 7.55. The number of unbranched alkanes of at least 4 members (excludes halogenated alkanes) is 1. The van der Waals surface area contributed by atoms with Crippen LogP contribution in [0.2, 0.25) is 0 Å². The zero-order chi connectivity index (χ0) is 14.8. The fraction of sp³-hybridized carbons (Fsp3) is 0.562. The molecule has 1 N–H and O–H groups in total. The highest BCUT2D eigenvalue weighted by atomic mass is 16.5. The summed E-state index contributed by atoms with van der Waals surface area (Å²) in [6, 6.07) is 8.27. The summed E-state index contributed by atoms with van der Waals surface area (Å²) >= 11 is 0. The topological polar surface area (TPSA) is 41.6 Å². The number of amides is 1. The van der Waals surface area contributed by atoms with Crippen molar-refractivity contribution in [3.63, 3.8) is 0 Å².